The van der Waals surface area contributed by atoms with Crippen LogP contribution in [0.1, 0.15) is 33.3 Å². The van der Waals surface area contributed by atoms with Crippen LogP contribution in [0.15, 0.2) is 23.3 Å². The molecule has 0 radical (unpaired) electrons. The van der Waals surface area contributed by atoms with Crippen LogP contribution in [0, 0.1) is 6.92 Å². The lowest BCUT2D eigenvalue weighted by molar-refractivity contribution is 1.23. The van der Waals surface area contributed by atoms with Gasteiger partial charge in [-0.2, -0.15) is 0 Å². The van der Waals surface area contributed by atoms with Crippen LogP contribution in [-0.4, -0.2) is 4.98 Å². The molecule has 2 nitrogen and oxygen atoms in total. The first-order chi connectivity index (χ1) is 5.80. The second-order valence-corrected chi connectivity index (χ2v) is 1.69. The summed E-state index contributed by atoms with van der Waals surface area (Å²) in [5.74, 6) is 0. The van der Waals surface area contributed by atoms with E-state index in [1.165, 1.54) is 6.07 Å². The average molecular weight is 169 g/mol. The van der Waals surface area contributed by atoms with E-state index in [4.69, 9.17) is 0 Å². The van der Waals surface area contributed by atoms with Gasteiger partial charge in [0.05, 0.1) is 0 Å². The van der Waals surface area contributed by atoms with Crippen molar-refractivity contribution >= 4 is 0 Å². The SMILES string of the molecule is CC.CC.Cc1c[nH]ccc1=O. The number of aromatic nitrogens is 1. The van der Waals surface area contributed by atoms with Gasteiger partial charge in [0.2, 0.25) is 0 Å². The Morgan fingerprint density at radius 3 is 1.92 bits per heavy atom. The number of H-pyrrole nitrogens is 1. The van der Waals surface area contributed by atoms with Gasteiger partial charge in [-0.25, -0.2) is 0 Å². The molecule has 0 spiro atoms. The lowest BCUT2D eigenvalue weighted by Gasteiger charge is -1.83. The Morgan fingerprint density at radius 2 is 1.67 bits per heavy atom. The van der Waals surface area contributed by atoms with Crippen molar-refractivity contribution in [3.63, 3.8) is 0 Å². The summed E-state index contributed by atoms with van der Waals surface area (Å²) in [6, 6.07) is 1.51. The summed E-state index contributed by atoms with van der Waals surface area (Å²) >= 11 is 0. The Morgan fingerprint density at radius 1 is 1.17 bits per heavy atom. The molecule has 1 heterocycles. The Bertz CT molecular complexity index is 227. The molecule has 0 aliphatic rings. The van der Waals surface area contributed by atoms with E-state index in [-0.39, 0.29) is 5.43 Å². The monoisotopic (exact) mass is 169 g/mol. The number of aryl methyl sites for hydroxylation is 1. The van der Waals surface area contributed by atoms with Gasteiger partial charge in [-0.15, -0.1) is 0 Å². The highest BCUT2D eigenvalue weighted by atomic mass is 16.1. The summed E-state index contributed by atoms with van der Waals surface area (Å²) in [5, 5.41) is 0. The van der Waals surface area contributed by atoms with Gasteiger partial charge in [0, 0.05) is 24.0 Å². The summed E-state index contributed by atoms with van der Waals surface area (Å²) in [6.45, 7) is 9.78. The molecule has 0 aliphatic carbocycles. The van der Waals surface area contributed by atoms with Crippen LogP contribution in [0.25, 0.3) is 0 Å². The van der Waals surface area contributed by atoms with Crippen molar-refractivity contribution in [2.24, 2.45) is 0 Å². The Balaban J connectivity index is 0. The predicted molar refractivity (Wildman–Crippen MR) is 54.5 cm³/mol. The highest BCUT2D eigenvalue weighted by Gasteiger charge is 1.83. The molecule has 0 bridgehead atoms. The third-order valence-corrected chi connectivity index (χ3v) is 1.02. The van der Waals surface area contributed by atoms with Crippen LogP contribution in [0.3, 0.4) is 0 Å². The molecule has 1 rings (SSSR count). The van der Waals surface area contributed by atoms with Crippen LogP contribution in [0.5, 0.6) is 0 Å². The fourth-order valence-electron chi connectivity index (χ4n) is 0.499. The molecule has 0 saturated carbocycles. The van der Waals surface area contributed by atoms with Crippen molar-refractivity contribution in [2.45, 2.75) is 34.6 Å². The second kappa shape index (κ2) is 9.95. The molecular weight excluding hydrogens is 150 g/mol. The number of aromatic amines is 1. The van der Waals surface area contributed by atoms with Gasteiger partial charge in [0.25, 0.3) is 0 Å². The summed E-state index contributed by atoms with van der Waals surface area (Å²) in [5.41, 5.74) is 0.844. The quantitative estimate of drug-likeness (QED) is 0.636. The molecule has 0 amide bonds. The van der Waals surface area contributed by atoms with E-state index < -0.39 is 0 Å². The molecule has 2 heteroatoms. The largest absolute Gasteiger partial charge is 0.367 e. The van der Waals surface area contributed by atoms with E-state index in [1.807, 2.05) is 27.7 Å². The number of nitrogens with one attached hydrogen (secondary N) is 1. The van der Waals surface area contributed by atoms with Gasteiger partial charge in [-0.05, 0) is 6.92 Å². The fraction of sp³-hybridized carbons (Fsp3) is 0.500. The van der Waals surface area contributed by atoms with E-state index in [1.54, 1.807) is 19.3 Å². The lowest BCUT2D eigenvalue weighted by Crippen LogP contribution is -2.01. The van der Waals surface area contributed by atoms with Crippen LogP contribution in [-0.2, 0) is 0 Å². The molecule has 0 atom stereocenters. The molecule has 1 aromatic heterocycles. The van der Waals surface area contributed by atoms with Crippen molar-refractivity contribution in [2.75, 3.05) is 0 Å². The van der Waals surface area contributed by atoms with Crippen LogP contribution >= 0.6 is 0 Å². The second-order valence-electron chi connectivity index (χ2n) is 1.69. The Labute approximate surface area is 74.6 Å². The van der Waals surface area contributed by atoms with Gasteiger partial charge >= 0.3 is 0 Å². The van der Waals surface area contributed by atoms with Crippen LogP contribution in [0.4, 0.5) is 0 Å². The zero-order chi connectivity index (χ0) is 9.98. The van der Waals surface area contributed by atoms with E-state index in [2.05, 4.69) is 4.98 Å². The third kappa shape index (κ3) is 5.71. The van der Waals surface area contributed by atoms with Gasteiger partial charge in [0.1, 0.15) is 0 Å². The number of rotatable bonds is 0. The van der Waals surface area contributed by atoms with Gasteiger partial charge < -0.3 is 4.98 Å². The highest BCUT2D eigenvalue weighted by molar-refractivity contribution is 5.05. The van der Waals surface area contributed by atoms with Crippen molar-refractivity contribution in [1.82, 2.24) is 4.98 Å². The molecule has 1 aromatic rings. The maximum Gasteiger partial charge on any atom is 0.184 e. The standard InChI is InChI=1S/C6H7NO.2C2H6/c1-5-4-7-3-2-6(5)8;2*1-2/h2-4H,1H3,(H,7,8);2*1-2H3. The van der Waals surface area contributed by atoms with Gasteiger partial charge in [0.15, 0.2) is 5.43 Å². The number of pyridine rings is 1. The van der Waals surface area contributed by atoms with Crippen molar-refractivity contribution in [1.29, 1.82) is 0 Å². The minimum absolute atomic E-state index is 0.0868. The topological polar surface area (TPSA) is 32.9 Å². The maximum absolute atomic E-state index is 10.6. The Hall–Kier alpha value is -1.05. The molecule has 0 saturated heterocycles. The van der Waals surface area contributed by atoms with Crippen LogP contribution < -0.4 is 5.43 Å². The first-order valence-corrected chi connectivity index (χ1v) is 4.44. The molecule has 0 fully saturated rings. The zero-order valence-corrected chi connectivity index (χ0v) is 8.64. The molecule has 0 unspecified atom stereocenters. The van der Waals surface area contributed by atoms with Gasteiger partial charge in [-0.3, -0.25) is 4.79 Å². The highest BCUT2D eigenvalue weighted by Crippen LogP contribution is 1.79. The molecular formula is C10H19NO. The molecule has 70 valence electrons. The fourth-order valence-corrected chi connectivity index (χ4v) is 0.499. The van der Waals surface area contributed by atoms with E-state index >= 15 is 0 Å². The molecule has 0 aromatic carbocycles. The Kier molecular flexibility index (Phi) is 11.2. The summed E-state index contributed by atoms with van der Waals surface area (Å²) in [4.78, 5) is 13.4. The molecule has 0 aliphatic heterocycles. The first-order valence-electron chi connectivity index (χ1n) is 4.44. The normalized spacial score (nSPS) is 7.08. The van der Waals surface area contributed by atoms with Gasteiger partial charge in [-0.1, -0.05) is 27.7 Å². The maximum atomic E-state index is 10.6. The van der Waals surface area contributed by atoms with E-state index in [0.717, 1.165) is 5.56 Å². The third-order valence-electron chi connectivity index (χ3n) is 1.02. The minimum Gasteiger partial charge on any atom is -0.367 e. The summed E-state index contributed by atoms with van der Waals surface area (Å²) in [6.07, 6.45) is 3.30. The van der Waals surface area contributed by atoms with Crippen molar-refractivity contribution in [3.8, 4) is 0 Å². The number of hydrogen-bond donors (Lipinski definition) is 1. The van der Waals surface area contributed by atoms with E-state index in [9.17, 15) is 4.79 Å². The van der Waals surface area contributed by atoms with Crippen molar-refractivity contribution < 1.29 is 0 Å². The van der Waals surface area contributed by atoms with Crippen LogP contribution in [0.2, 0.25) is 0 Å². The molecule has 1 N–H and O–H groups in total. The molecule has 12 heavy (non-hydrogen) atoms. The zero-order valence-electron chi connectivity index (χ0n) is 8.64. The minimum atomic E-state index is 0.0868. The van der Waals surface area contributed by atoms with E-state index in [0.29, 0.717) is 0 Å². The number of hydrogen-bond acceptors (Lipinski definition) is 1. The smallest absolute Gasteiger partial charge is 0.184 e. The average Bonchev–Trinajstić information content (AvgIpc) is 2.17. The predicted octanol–water partition coefficient (Wildman–Crippen LogP) is 2.74. The summed E-state index contributed by atoms with van der Waals surface area (Å²) < 4.78 is 0. The summed E-state index contributed by atoms with van der Waals surface area (Å²) in [7, 11) is 0. The first kappa shape index (κ1) is 13.5. The van der Waals surface area contributed by atoms with Crippen molar-refractivity contribution in [3.05, 3.63) is 34.2 Å². The lowest BCUT2D eigenvalue weighted by atomic mass is 10.3.